The maximum Gasteiger partial charge on any atom is 0.224 e. The highest BCUT2D eigenvalue weighted by molar-refractivity contribution is 5.90. The molecule has 0 saturated heterocycles. The van der Waals surface area contributed by atoms with Crippen LogP contribution in [-0.4, -0.2) is 18.4 Å². The molecule has 0 aliphatic carbocycles. The number of nitrogens with two attached hydrogens (primary N) is 1. The average molecular weight is 302 g/mol. The molecular formula is C17H26N4O. The van der Waals surface area contributed by atoms with Gasteiger partial charge in [0.05, 0.1) is 6.54 Å². The van der Waals surface area contributed by atoms with Gasteiger partial charge in [0.15, 0.2) is 5.96 Å². The van der Waals surface area contributed by atoms with Crippen LogP contribution in [0, 0.1) is 5.92 Å². The number of rotatable bonds is 7. The van der Waals surface area contributed by atoms with E-state index in [0.717, 1.165) is 16.8 Å². The van der Waals surface area contributed by atoms with E-state index >= 15 is 0 Å². The van der Waals surface area contributed by atoms with Gasteiger partial charge in [-0.25, -0.2) is 4.99 Å². The van der Waals surface area contributed by atoms with Gasteiger partial charge in [-0.2, -0.15) is 0 Å². The third-order valence-electron chi connectivity index (χ3n) is 2.81. The van der Waals surface area contributed by atoms with Crippen LogP contribution in [0.25, 0.3) is 0 Å². The molecule has 120 valence electrons. The average Bonchev–Trinajstić information content (AvgIpc) is 2.42. The topological polar surface area (TPSA) is 79.5 Å². The van der Waals surface area contributed by atoms with E-state index in [1.54, 1.807) is 0 Å². The quantitative estimate of drug-likeness (QED) is 0.411. The van der Waals surface area contributed by atoms with Crippen LogP contribution in [0.15, 0.2) is 41.4 Å². The molecule has 0 heterocycles. The van der Waals surface area contributed by atoms with E-state index < -0.39 is 0 Å². The molecule has 5 heteroatoms. The van der Waals surface area contributed by atoms with Gasteiger partial charge in [0.2, 0.25) is 5.91 Å². The van der Waals surface area contributed by atoms with Gasteiger partial charge in [-0.15, -0.1) is 0 Å². The van der Waals surface area contributed by atoms with Crippen LogP contribution in [0.5, 0.6) is 0 Å². The first-order chi connectivity index (χ1) is 10.4. The molecule has 0 radical (unpaired) electrons. The summed E-state index contributed by atoms with van der Waals surface area (Å²) in [5, 5.41) is 5.87. The number of hydrogen-bond donors (Lipinski definition) is 3. The molecule has 0 aliphatic rings. The van der Waals surface area contributed by atoms with Gasteiger partial charge in [0.1, 0.15) is 0 Å². The molecule has 0 unspecified atom stereocenters. The Balaban J connectivity index is 2.58. The van der Waals surface area contributed by atoms with Crippen molar-refractivity contribution >= 4 is 17.6 Å². The molecule has 0 aromatic heterocycles. The fourth-order valence-corrected chi connectivity index (χ4v) is 1.80. The van der Waals surface area contributed by atoms with Crippen LogP contribution >= 0.6 is 0 Å². The smallest absolute Gasteiger partial charge is 0.224 e. The largest absolute Gasteiger partial charge is 0.370 e. The minimum Gasteiger partial charge on any atom is -0.370 e. The second kappa shape index (κ2) is 8.87. The number of guanidine groups is 1. The van der Waals surface area contributed by atoms with Gasteiger partial charge >= 0.3 is 0 Å². The van der Waals surface area contributed by atoms with Crippen LogP contribution in [0.4, 0.5) is 5.69 Å². The fourth-order valence-electron chi connectivity index (χ4n) is 1.80. The van der Waals surface area contributed by atoms with Crippen molar-refractivity contribution in [2.75, 3.05) is 11.9 Å². The summed E-state index contributed by atoms with van der Waals surface area (Å²) >= 11 is 0. The Morgan fingerprint density at radius 1 is 1.41 bits per heavy atom. The van der Waals surface area contributed by atoms with Gasteiger partial charge in [-0.3, -0.25) is 4.79 Å². The molecule has 1 amide bonds. The number of aliphatic imine (C=N–C) groups is 1. The number of anilines is 1. The van der Waals surface area contributed by atoms with Gasteiger partial charge in [-0.1, -0.05) is 38.1 Å². The standard InChI is InChI=1S/C17H26N4O/c1-12(2)8-16(22)21-15-7-5-6-14(9-15)11-20-17(18)19-10-13(3)4/h5-7,9,12H,3,8,10-11H2,1-2,4H3,(H,21,22)(H3,18,19,20). The van der Waals surface area contributed by atoms with E-state index in [0.29, 0.717) is 31.4 Å². The van der Waals surface area contributed by atoms with Crippen LogP contribution in [0.3, 0.4) is 0 Å². The highest BCUT2D eigenvalue weighted by Crippen LogP contribution is 2.13. The summed E-state index contributed by atoms with van der Waals surface area (Å²) in [5.74, 6) is 0.752. The SMILES string of the molecule is C=C(C)CNC(N)=NCc1cccc(NC(=O)CC(C)C)c1. The first-order valence-electron chi connectivity index (χ1n) is 7.43. The maximum absolute atomic E-state index is 11.8. The molecule has 0 aliphatic heterocycles. The maximum atomic E-state index is 11.8. The Morgan fingerprint density at radius 2 is 2.14 bits per heavy atom. The molecule has 1 rings (SSSR count). The Morgan fingerprint density at radius 3 is 2.77 bits per heavy atom. The molecule has 0 fully saturated rings. The molecule has 0 bridgehead atoms. The van der Waals surface area contributed by atoms with E-state index in [4.69, 9.17) is 5.73 Å². The molecule has 0 saturated carbocycles. The molecule has 5 nitrogen and oxygen atoms in total. The second-order valence-electron chi connectivity index (χ2n) is 5.86. The number of carbonyl (C=O) groups is 1. The Hall–Kier alpha value is -2.30. The molecule has 0 spiro atoms. The van der Waals surface area contributed by atoms with E-state index in [9.17, 15) is 4.79 Å². The van der Waals surface area contributed by atoms with Crippen molar-refractivity contribution in [1.82, 2.24) is 5.32 Å². The third kappa shape index (κ3) is 7.47. The van der Waals surface area contributed by atoms with Crippen molar-refractivity contribution in [2.24, 2.45) is 16.6 Å². The highest BCUT2D eigenvalue weighted by atomic mass is 16.1. The molecule has 1 aromatic rings. The zero-order valence-electron chi connectivity index (χ0n) is 13.6. The highest BCUT2D eigenvalue weighted by Gasteiger charge is 2.05. The van der Waals surface area contributed by atoms with Gasteiger partial charge in [0, 0.05) is 18.7 Å². The van der Waals surface area contributed by atoms with E-state index in [1.807, 2.05) is 45.0 Å². The number of nitrogens with zero attached hydrogens (tertiary/aromatic N) is 1. The van der Waals surface area contributed by atoms with E-state index in [2.05, 4.69) is 22.2 Å². The minimum absolute atomic E-state index is 0.0262. The second-order valence-corrected chi connectivity index (χ2v) is 5.86. The zero-order valence-corrected chi connectivity index (χ0v) is 13.6. The van der Waals surface area contributed by atoms with Crippen molar-refractivity contribution in [3.8, 4) is 0 Å². The summed E-state index contributed by atoms with van der Waals surface area (Å²) in [7, 11) is 0. The summed E-state index contributed by atoms with van der Waals surface area (Å²) in [5.41, 5.74) is 8.54. The van der Waals surface area contributed by atoms with Crippen LogP contribution < -0.4 is 16.4 Å². The summed E-state index contributed by atoms with van der Waals surface area (Å²) in [4.78, 5) is 16.0. The first kappa shape index (κ1) is 17.8. The van der Waals surface area contributed by atoms with Crippen molar-refractivity contribution in [2.45, 2.75) is 33.7 Å². The normalized spacial score (nSPS) is 11.4. The Bertz CT molecular complexity index is 549. The van der Waals surface area contributed by atoms with Gasteiger partial charge in [-0.05, 0) is 30.5 Å². The molecule has 1 aromatic carbocycles. The van der Waals surface area contributed by atoms with Crippen molar-refractivity contribution in [3.63, 3.8) is 0 Å². The Kier molecular flexibility index (Phi) is 7.16. The molecular weight excluding hydrogens is 276 g/mol. The van der Waals surface area contributed by atoms with Gasteiger partial charge < -0.3 is 16.4 Å². The summed E-state index contributed by atoms with van der Waals surface area (Å²) < 4.78 is 0. The van der Waals surface area contributed by atoms with Crippen molar-refractivity contribution in [1.29, 1.82) is 0 Å². The lowest BCUT2D eigenvalue weighted by molar-refractivity contribution is -0.116. The summed E-state index contributed by atoms with van der Waals surface area (Å²) in [6.07, 6.45) is 0.514. The van der Waals surface area contributed by atoms with Crippen LogP contribution in [-0.2, 0) is 11.3 Å². The third-order valence-corrected chi connectivity index (χ3v) is 2.81. The predicted octanol–water partition coefficient (Wildman–Crippen LogP) is 2.65. The zero-order chi connectivity index (χ0) is 16.5. The lowest BCUT2D eigenvalue weighted by atomic mass is 10.1. The monoisotopic (exact) mass is 302 g/mol. The predicted molar refractivity (Wildman–Crippen MR) is 92.7 cm³/mol. The number of nitrogens with one attached hydrogen (secondary N) is 2. The first-order valence-corrected chi connectivity index (χ1v) is 7.43. The van der Waals surface area contributed by atoms with Crippen molar-refractivity contribution in [3.05, 3.63) is 42.0 Å². The lowest BCUT2D eigenvalue weighted by Gasteiger charge is -2.09. The lowest BCUT2D eigenvalue weighted by Crippen LogP contribution is -2.32. The number of carbonyl (C=O) groups excluding carboxylic acids is 1. The number of amides is 1. The molecule has 4 N–H and O–H groups in total. The number of benzene rings is 1. The van der Waals surface area contributed by atoms with E-state index in [1.165, 1.54) is 0 Å². The summed E-state index contributed by atoms with van der Waals surface area (Å²) in [6.45, 7) is 10.8. The minimum atomic E-state index is 0.0262. The van der Waals surface area contributed by atoms with E-state index in [-0.39, 0.29) is 5.91 Å². The molecule has 0 atom stereocenters. The van der Waals surface area contributed by atoms with Crippen LogP contribution in [0.1, 0.15) is 32.8 Å². The fraction of sp³-hybridized carbons (Fsp3) is 0.412. The number of hydrogen-bond acceptors (Lipinski definition) is 2. The Labute approximate surface area is 132 Å². The molecule has 22 heavy (non-hydrogen) atoms. The van der Waals surface area contributed by atoms with Crippen molar-refractivity contribution < 1.29 is 4.79 Å². The summed E-state index contributed by atoms with van der Waals surface area (Å²) in [6, 6.07) is 7.63. The van der Waals surface area contributed by atoms with Gasteiger partial charge in [0.25, 0.3) is 0 Å². The van der Waals surface area contributed by atoms with Crippen LogP contribution in [0.2, 0.25) is 0 Å².